The summed E-state index contributed by atoms with van der Waals surface area (Å²) < 4.78 is 12.4. The van der Waals surface area contributed by atoms with E-state index >= 15 is 0 Å². The fourth-order valence-corrected chi connectivity index (χ4v) is 3.48. The second-order valence-corrected chi connectivity index (χ2v) is 6.55. The van der Waals surface area contributed by atoms with Gasteiger partial charge in [0.1, 0.15) is 17.6 Å². The van der Waals surface area contributed by atoms with Gasteiger partial charge in [-0.1, -0.05) is 0 Å². The number of furan rings is 1. The van der Waals surface area contributed by atoms with E-state index in [0.29, 0.717) is 22.5 Å². The van der Waals surface area contributed by atoms with E-state index in [2.05, 4.69) is 31.9 Å². The zero-order chi connectivity index (χ0) is 15.9. The Morgan fingerprint density at radius 2 is 1.86 bits per heavy atom. The van der Waals surface area contributed by atoms with Crippen molar-refractivity contribution in [1.82, 2.24) is 0 Å². The zero-order valence-electron chi connectivity index (χ0n) is 11.9. The molecule has 0 N–H and O–H groups in total. The molecule has 0 atom stereocenters. The number of ketones is 1. The Morgan fingerprint density at radius 3 is 2.50 bits per heavy atom. The van der Waals surface area contributed by atoms with Crippen LogP contribution in [-0.2, 0) is 0 Å². The molecule has 0 fully saturated rings. The second-order valence-electron chi connectivity index (χ2n) is 4.90. The van der Waals surface area contributed by atoms with Gasteiger partial charge in [-0.05, 0) is 74.7 Å². The number of fused-ring (bicyclic) bond motifs is 1. The third-order valence-electron chi connectivity index (χ3n) is 3.51. The maximum absolute atomic E-state index is 12.8. The fraction of sp³-hybridized carbons (Fsp3) is 0.118. The standard InChI is InChI=1S/C17H12Br2O3/c1-9-7-13(18)17-14(15(9)19)12(8-22-17)16(20)10-3-5-11(21-2)6-4-10/h3-8H,1-2H3. The highest BCUT2D eigenvalue weighted by Crippen LogP contribution is 2.37. The molecule has 112 valence electrons. The third kappa shape index (κ3) is 2.48. The summed E-state index contributed by atoms with van der Waals surface area (Å²) in [6.45, 7) is 1.98. The highest BCUT2D eigenvalue weighted by molar-refractivity contribution is 9.11. The van der Waals surface area contributed by atoms with Gasteiger partial charge in [-0.2, -0.15) is 0 Å². The molecule has 0 aliphatic heterocycles. The molecule has 0 radical (unpaired) electrons. The Kier molecular flexibility index (Phi) is 4.10. The summed E-state index contributed by atoms with van der Waals surface area (Å²) in [5.41, 5.74) is 2.82. The summed E-state index contributed by atoms with van der Waals surface area (Å²) >= 11 is 7.03. The van der Waals surface area contributed by atoms with Crippen molar-refractivity contribution in [2.75, 3.05) is 7.11 Å². The highest BCUT2D eigenvalue weighted by Gasteiger charge is 2.20. The molecule has 0 bridgehead atoms. The van der Waals surface area contributed by atoms with Crippen molar-refractivity contribution < 1.29 is 13.9 Å². The van der Waals surface area contributed by atoms with Gasteiger partial charge in [0.05, 0.1) is 17.1 Å². The van der Waals surface area contributed by atoms with Crippen LogP contribution in [0.15, 0.2) is 50.0 Å². The Hall–Kier alpha value is -1.59. The van der Waals surface area contributed by atoms with Gasteiger partial charge in [0.25, 0.3) is 0 Å². The van der Waals surface area contributed by atoms with Crippen molar-refractivity contribution in [3.63, 3.8) is 0 Å². The molecule has 0 aliphatic rings. The Bertz CT molecular complexity index is 864. The number of methoxy groups -OCH3 is 1. The average Bonchev–Trinajstić information content (AvgIpc) is 2.97. The highest BCUT2D eigenvalue weighted by atomic mass is 79.9. The van der Waals surface area contributed by atoms with Crippen LogP contribution < -0.4 is 4.74 Å². The van der Waals surface area contributed by atoms with Crippen molar-refractivity contribution in [2.24, 2.45) is 0 Å². The molecule has 2 aromatic carbocycles. The summed E-state index contributed by atoms with van der Waals surface area (Å²) in [5.74, 6) is 0.632. The van der Waals surface area contributed by atoms with Crippen LogP contribution in [0.2, 0.25) is 0 Å². The minimum absolute atomic E-state index is 0.0837. The number of hydrogen-bond donors (Lipinski definition) is 0. The molecular formula is C17H12Br2O3. The molecule has 22 heavy (non-hydrogen) atoms. The molecule has 0 spiro atoms. The lowest BCUT2D eigenvalue weighted by atomic mass is 10.0. The van der Waals surface area contributed by atoms with E-state index in [4.69, 9.17) is 9.15 Å². The Morgan fingerprint density at radius 1 is 1.18 bits per heavy atom. The van der Waals surface area contributed by atoms with Crippen LogP contribution in [0.3, 0.4) is 0 Å². The van der Waals surface area contributed by atoms with Crippen molar-refractivity contribution in [1.29, 1.82) is 0 Å². The van der Waals surface area contributed by atoms with Crippen LogP contribution in [0.1, 0.15) is 21.5 Å². The molecule has 0 amide bonds. The number of ether oxygens (including phenoxy) is 1. The van der Waals surface area contributed by atoms with Crippen molar-refractivity contribution >= 4 is 48.6 Å². The molecule has 0 saturated heterocycles. The lowest BCUT2D eigenvalue weighted by Crippen LogP contribution is -2.00. The number of carbonyl (C=O) groups is 1. The summed E-state index contributed by atoms with van der Waals surface area (Å²) in [6.07, 6.45) is 1.51. The van der Waals surface area contributed by atoms with Gasteiger partial charge in [0.15, 0.2) is 5.78 Å². The quantitative estimate of drug-likeness (QED) is 0.521. The predicted octanol–water partition coefficient (Wildman–Crippen LogP) is 5.51. The number of rotatable bonds is 3. The molecule has 3 rings (SSSR count). The number of benzene rings is 2. The van der Waals surface area contributed by atoms with Crippen molar-refractivity contribution in [3.8, 4) is 5.75 Å². The first kappa shape index (κ1) is 15.3. The monoisotopic (exact) mass is 422 g/mol. The van der Waals surface area contributed by atoms with E-state index in [1.54, 1.807) is 31.4 Å². The minimum atomic E-state index is -0.0837. The minimum Gasteiger partial charge on any atom is -0.497 e. The van der Waals surface area contributed by atoms with Crippen LogP contribution in [0.4, 0.5) is 0 Å². The topological polar surface area (TPSA) is 39.4 Å². The van der Waals surface area contributed by atoms with Gasteiger partial charge in [-0.15, -0.1) is 0 Å². The van der Waals surface area contributed by atoms with Gasteiger partial charge in [0.2, 0.25) is 0 Å². The Balaban J connectivity index is 2.15. The first-order chi connectivity index (χ1) is 10.5. The van der Waals surface area contributed by atoms with Gasteiger partial charge in [-0.25, -0.2) is 0 Å². The lowest BCUT2D eigenvalue weighted by molar-refractivity contribution is 0.103. The first-order valence-corrected chi connectivity index (χ1v) is 8.16. The van der Waals surface area contributed by atoms with E-state index < -0.39 is 0 Å². The van der Waals surface area contributed by atoms with E-state index in [9.17, 15) is 4.79 Å². The van der Waals surface area contributed by atoms with Gasteiger partial charge in [0, 0.05) is 15.4 Å². The van der Waals surface area contributed by atoms with Crippen LogP contribution in [0.25, 0.3) is 11.0 Å². The molecule has 3 aromatic rings. The zero-order valence-corrected chi connectivity index (χ0v) is 15.1. The van der Waals surface area contributed by atoms with E-state index in [0.717, 1.165) is 19.9 Å². The second kappa shape index (κ2) is 5.89. The van der Waals surface area contributed by atoms with Crippen LogP contribution in [0.5, 0.6) is 5.75 Å². The normalized spacial score (nSPS) is 10.9. The average molecular weight is 424 g/mol. The smallest absolute Gasteiger partial charge is 0.196 e. The molecule has 3 nitrogen and oxygen atoms in total. The maximum Gasteiger partial charge on any atom is 0.196 e. The van der Waals surface area contributed by atoms with Crippen LogP contribution in [-0.4, -0.2) is 12.9 Å². The Labute approximate surface area is 144 Å². The molecule has 5 heteroatoms. The molecule has 0 unspecified atom stereocenters. The number of hydrogen-bond acceptors (Lipinski definition) is 3. The largest absolute Gasteiger partial charge is 0.497 e. The molecular weight excluding hydrogens is 412 g/mol. The molecule has 0 aliphatic carbocycles. The summed E-state index contributed by atoms with van der Waals surface area (Å²) in [4.78, 5) is 12.8. The number of halogens is 2. The van der Waals surface area contributed by atoms with Crippen LogP contribution in [0, 0.1) is 6.92 Å². The van der Waals surface area contributed by atoms with E-state index in [1.807, 2.05) is 13.0 Å². The summed E-state index contributed by atoms with van der Waals surface area (Å²) in [5, 5.41) is 0.785. The van der Waals surface area contributed by atoms with Gasteiger partial charge in [-0.3, -0.25) is 4.79 Å². The summed E-state index contributed by atoms with van der Waals surface area (Å²) in [6, 6.07) is 8.99. The first-order valence-electron chi connectivity index (χ1n) is 6.57. The van der Waals surface area contributed by atoms with Crippen molar-refractivity contribution in [2.45, 2.75) is 6.92 Å². The fourth-order valence-electron chi connectivity index (χ4n) is 2.33. The SMILES string of the molecule is COc1ccc(C(=O)c2coc3c(Br)cc(C)c(Br)c23)cc1. The third-order valence-corrected chi connectivity index (χ3v) is 5.12. The van der Waals surface area contributed by atoms with E-state index in [-0.39, 0.29) is 5.78 Å². The van der Waals surface area contributed by atoms with Crippen molar-refractivity contribution in [3.05, 3.63) is 62.2 Å². The molecule has 0 saturated carbocycles. The maximum atomic E-state index is 12.8. The lowest BCUT2D eigenvalue weighted by Gasteiger charge is -2.05. The summed E-state index contributed by atoms with van der Waals surface area (Å²) in [7, 11) is 1.60. The van der Waals surface area contributed by atoms with E-state index in [1.165, 1.54) is 6.26 Å². The predicted molar refractivity (Wildman–Crippen MR) is 92.8 cm³/mol. The van der Waals surface area contributed by atoms with Gasteiger partial charge >= 0.3 is 0 Å². The molecule has 1 aromatic heterocycles. The number of carbonyl (C=O) groups excluding carboxylic acids is 1. The van der Waals surface area contributed by atoms with Crippen LogP contribution >= 0.6 is 31.9 Å². The number of aryl methyl sites for hydroxylation is 1. The van der Waals surface area contributed by atoms with Gasteiger partial charge < -0.3 is 9.15 Å². The molecule has 1 heterocycles.